The van der Waals surface area contributed by atoms with Gasteiger partial charge in [0, 0.05) is 11.3 Å². The molecule has 0 aliphatic heterocycles. The fourth-order valence-electron chi connectivity index (χ4n) is 2.17. The summed E-state index contributed by atoms with van der Waals surface area (Å²) in [4.78, 5) is 33.8. The summed E-state index contributed by atoms with van der Waals surface area (Å²) in [6, 6.07) is 6.15. The fourth-order valence-corrected chi connectivity index (χ4v) is 2.17. The number of nitrogens with two attached hydrogens (primary N) is 1. The molecule has 1 aliphatic carbocycles. The summed E-state index contributed by atoms with van der Waals surface area (Å²) >= 11 is 0. The van der Waals surface area contributed by atoms with E-state index in [1.807, 2.05) is 0 Å². The highest BCUT2D eigenvalue weighted by Gasteiger charge is 2.44. The average molecular weight is 291 g/mol. The van der Waals surface area contributed by atoms with Crippen molar-refractivity contribution < 1.29 is 19.5 Å². The van der Waals surface area contributed by atoms with Crippen molar-refractivity contribution in [2.75, 3.05) is 11.9 Å². The summed E-state index contributed by atoms with van der Waals surface area (Å²) in [5.41, 5.74) is 5.02. The minimum Gasteiger partial charge on any atom is -0.480 e. The van der Waals surface area contributed by atoms with Crippen molar-refractivity contribution in [3.63, 3.8) is 0 Å². The quantitative estimate of drug-likeness (QED) is 0.601. The highest BCUT2D eigenvalue weighted by atomic mass is 16.4. The molecule has 0 heterocycles. The number of benzene rings is 1. The van der Waals surface area contributed by atoms with Crippen LogP contribution in [0.25, 0.3) is 0 Å². The van der Waals surface area contributed by atoms with Crippen molar-refractivity contribution in [2.24, 2.45) is 5.73 Å². The molecule has 0 radical (unpaired) electrons. The molecular formula is C14H17N3O4. The molecule has 1 fully saturated rings. The molecule has 0 saturated heterocycles. The number of primary amides is 1. The normalized spacial score (nSPS) is 15.8. The molecule has 0 aromatic heterocycles. The zero-order chi connectivity index (χ0) is 15.5. The van der Waals surface area contributed by atoms with E-state index in [-0.39, 0.29) is 12.5 Å². The largest absolute Gasteiger partial charge is 0.480 e. The summed E-state index contributed by atoms with van der Waals surface area (Å²) in [6.45, 7) is -0.0795. The van der Waals surface area contributed by atoms with Crippen molar-refractivity contribution >= 4 is 23.5 Å². The molecule has 21 heavy (non-hydrogen) atoms. The Kier molecular flexibility index (Phi) is 4.23. The van der Waals surface area contributed by atoms with E-state index < -0.39 is 17.4 Å². The van der Waals surface area contributed by atoms with Crippen LogP contribution in [0.1, 0.15) is 29.6 Å². The Labute approximate surface area is 121 Å². The first kappa shape index (κ1) is 15.0. The number of aliphatic carboxylic acids is 1. The number of hydrogen-bond donors (Lipinski definition) is 4. The highest BCUT2D eigenvalue weighted by molar-refractivity contribution is 5.95. The average Bonchev–Trinajstić information content (AvgIpc) is 2.37. The summed E-state index contributed by atoms with van der Waals surface area (Å²) in [5, 5.41) is 14.5. The maximum Gasteiger partial charge on any atom is 0.323 e. The van der Waals surface area contributed by atoms with Gasteiger partial charge in [0.25, 0.3) is 0 Å². The summed E-state index contributed by atoms with van der Waals surface area (Å²) in [6.07, 6.45) is 1.90. The molecule has 7 heteroatoms. The Hall–Kier alpha value is -2.41. The Morgan fingerprint density at radius 1 is 1.19 bits per heavy atom. The molecule has 1 aliphatic rings. The monoisotopic (exact) mass is 291 g/mol. The number of hydrogen-bond acceptors (Lipinski definition) is 4. The van der Waals surface area contributed by atoms with Gasteiger partial charge in [0.2, 0.25) is 11.8 Å². The zero-order valence-electron chi connectivity index (χ0n) is 11.4. The fraction of sp³-hybridized carbons (Fsp3) is 0.357. The molecule has 2 rings (SSSR count). The van der Waals surface area contributed by atoms with E-state index in [0.29, 0.717) is 24.1 Å². The van der Waals surface area contributed by atoms with Crippen LogP contribution >= 0.6 is 0 Å². The number of amides is 2. The number of carbonyl (C=O) groups is 3. The minimum atomic E-state index is -0.965. The lowest BCUT2D eigenvalue weighted by Gasteiger charge is -2.38. The van der Waals surface area contributed by atoms with Gasteiger partial charge in [-0.2, -0.15) is 0 Å². The topological polar surface area (TPSA) is 122 Å². The SMILES string of the molecule is NC(=O)c1ccc(NC(=O)CNC2(C(=O)O)CCC2)cc1. The Bertz CT molecular complexity index is 564. The maximum atomic E-state index is 11.8. The molecule has 0 unspecified atom stereocenters. The lowest BCUT2D eigenvalue weighted by Crippen LogP contribution is -2.58. The van der Waals surface area contributed by atoms with Crippen molar-refractivity contribution in [3.05, 3.63) is 29.8 Å². The third-order valence-electron chi connectivity index (χ3n) is 3.66. The maximum absolute atomic E-state index is 11.8. The van der Waals surface area contributed by atoms with Crippen molar-refractivity contribution in [2.45, 2.75) is 24.8 Å². The Morgan fingerprint density at radius 3 is 2.24 bits per heavy atom. The van der Waals surface area contributed by atoms with Crippen LogP contribution in [0, 0.1) is 0 Å². The molecule has 0 spiro atoms. The van der Waals surface area contributed by atoms with E-state index in [0.717, 1.165) is 6.42 Å². The van der Waals surface area contributed by atoms with Crippen molar-refractivity contribution in [3.8, 4) is 0 Å². The lowest BCUT2D eigenvalue weighted by molar-refractivity contribution is -0.148. The first-order valence-corrected chi connectivity index (χ1v) is 6.61. The van der Waals surface area contributed by atoms with Gasteiger partial charge in [-0.25, -0.2) is 0 Å². The smallest absolute Gasteiger partial charge is 0.323 e. The number of nitrogens with one attached hydrogen (secondary N) is 2. The van der Waals surface area contributed by atoms with Gasteiger partial charge >= 0.3 is 5.97 Å². The number of anilines is 1. The van der Waals surface area contributed by atoms with Crippen LogP contribution in [0.5, 0.6) is 0 Å². The van der Waals surface area contributed by atoms with E-state index in [1.165, 1.54) is 12.1 Å². The molecular weight excluding hydrogens is 274 g/mol. The van der Waals surface area contributed by atoms with Crippen LogP contribution in [0.15, 0.2) is 24.3 Å². The first-order valence-electron chi connectivity index (χ1n) is 6.61. The molecule has 1 saturated carbocycles. The molecule has 0 atom stereocenters. The van der Waals surface area contributed by atoms with Crippen LogP contribution in [0.4, 0.5) is 5.69 Å². The van der Waals surface area contributed by atoms with Gasteiger partial charge in [-0.1, -0.05) is 0 Å². The van der Waals surface area contributed by atoms with Gasteiger partial charge in [0.05, 0.1) is 6.54 Å². The Balaban J connectivity index is 1.87. The molecule has 2 amide bonds. The predicted octanol–water partition coefficient (Wildman–Crippen LogP) is 0.321. The molecule has 1 aromatic rings. The first-order chi connectivity index (χ1) is 9.93. The summed E-state index contributed by atoms with van der Waals surface area (Å²) in [5.74, 6) is -1.80. The third-order valence-corrected chi connectivity index (χ3v) is 3.66. The van der Waals surface area contributed by atoms with Crippen LogP contribution in [-0.2, 0) is 9.59 Å². The van der Waals surface area contributed by atoms with Crippen molar-refractivity contribution in [1.29, 1.82) is 0 Å². The molecule has 112 valence electrons. The van der Waals surface area contributed by atoms with Crippen LogP contribution in [0.3, 0.4) is 0 Å². The van der Waals surface area contributed by atoms with Gasteiger partial charge in [0.1, 0.15) is 5.54 Å². The minimum absolute atomic E-state index is 0.0795. The predicted molar refractivity (Wildman–Crippen MR) is 75.8 cm³/mol. The second-order valence-electron chi connectivity index (χ2n) is 5.08. The van der Waals surface area contributed by atoms with E-state index in [4.69, 9.17) is 10.8 Å². The van der Waals surface area contributed by atoms with E-state index in [9.17, 15) is 14.4 Å². The van der Waals surface area contributed by atoms with Gasteiger partial charge in [-0.15, -0.1) is 0 Å². The van der Waals surface area contributed by atoms with Gasteiger partial charge in [-0.3, -0.25) is 19.7 Å². The number of carboxylic acid groups (broad SMARTS) is 1. The zero-order valence-corrected chi connectivity index (χ0v) is 11.4. The van der Waals surface area contributed by atoms with E-state index in [2.05, 4.69) is 10.6 Å². The van der Waals surface area contributed by atoms with Gasteiger partial charge < -0.3 is 16.2 Å². The lowest BCUT2D eigenvalue weighted by atomic mass is 9.77. The number of carbonyl (C=O) groups excluding carboxylic acids is 2. The molecule has 1 aromatic carbocycles. The third kappa shape index (κ3) is 3.38. The van der Waals surface area contributed by atoms with E-state index in [1.54, 1.807) is 12.1 Å². The highest BCUT2D eigenvalue weighted by Crippen LogP contribution is 2.31. The van der Waals surface area contributed by atoms with E-state index >= 15 is 0 Å². The Morgan fingerprint density at radius 2 is 1.81 bits per heavy atom. The van der Waals surface area contributed by atoms with Crippen LogP contribution < -0.4 is 16.4 Å². The van der Waals surface area contributed by atoms with Crippen LogP contribution in [-0.4, -0.2) is 35.0 Å². The number of rotatable bonds is 6. The standard InChI is InChI=1S/C14H17N3O4/c15-12(19)9-2-4-10(5-3-9)17-11(18)8-16-14(13(20)21)6-1-7-14/h2-5,16H,1,6-8H2,(H2,15,19)(H,17,18)(H,20,21). The van der Waals surface area contributed by atoms with Crippen LogP contribution in [0.2, 0.25) is 0 Å². The van der Waals surface area contributed by atoms with Crippen molar-refractivity contribution in [1.82, 2.24) is 5.32 Å². The van der Waals surface area contributed by atoms with Gasteiger partial charge in [-0.05, 0) is 43.5 Å². The molecule has 7 nitrogen and oxygen atoms in total. The second-order valence-corrected chi connectivity index (χ2v) is 5.08. The molecule has 5 N–H and O–H groups in total. The summed E-state index contributed by atoms with van der Waals surface area (Å²) in [7, 11) is 0. The van der Waals surface area contributed by atoms with Gasteiger partial charge in [0.15, 0.2) is 0 Å². The second kappa shape index (κ2) is 5.92. The number of carboxylic acids is 1. The summed E-state index contributed by atoms with van der Waals surface area (Å²) < 4.78 is 0. The molecule has 0 bridgehead atoms.